The average molecular weight is 374 g/mol. The van der Waals surface area contributed by atoms with Crippen LogP contribution in [0, 0.1) is 0 Å². The van der Waals surface area contributed by atoms with Crippen molar-refractivity contribution in [3.8, 4) is 11.3 Å². The Balaban J connectivity index is 2.00. The van der Waals surface area contributed by atoms with E-state index in [-0.39, 0.29) is 11.0 Å². The summed E-state index contributed by atoms with van der Waals surface area (Å²) in [6.45, 7) is 4.76. The highest BCUT2D eigenvalue weighted by Gasteiger charge is 2.40. The fourth-order valence-electron chi connectivity index (χ4n) is 4.46. The predicted molar refractivity (Wildman–Crippen MR) is 113 cm³/mol. The lowest BCUT2D eigenvalue weighted by molar-refractivity contribution is 0.380. The Hall–Kier alpha value is -2.92. The number of hydrogen-bond acceptors (Lipinski definition) is 4. The molecule has 5 nitrogen and oxygen atoms in total. The number of nitrogen functional groups attached to an aromatic ring is 1. The van der Waals surface area contributed by atoms with Crippen molar-refractivity contribution >= 4 is 5.95 Å². The number of aromatic nitrogens is 2. The molecule has 1 aliphatic rings. The Labute approximate surface area is 165 Å². The van der Waals surface area contributed by atoms with Crippen molar-refractivity contribution in [3.05, 3.63) is 81.6 Å². The van der Waals surface area contributed by atoms with Gasteiger partial charge >= 0.3 is 0 Å². The van der Waals surface area contributed by atoms with E-state index in [1.54, 1.807) is 4.57 Å². The van der Waals surface area contributed by atoms with E-state index in [1.807, 2.05) is 36.4 Å². The average Bonchev–Trinajstić information content (AvgIpc) is 2.75. The maximum atomic E-state index is 13.8. The number of rotatable bonds is 5. The molecule has 0 bridgehead atoms. The minimum absolute atomic E-state index is 0.00000567. The summed E-state index contributed by atoms with van der Waals surface area (Å²) in [5.41, 5.74) is 7.36. The molecule has 4 rings (SSSR count). The van der Waals surface area contributed by atoms with Crippen LogP contribution < -0.4 is 16.8 Å². The largest absolute Gasteiger partial charge is 0.294 e. The van der Waals surface area contributed by atoms with Gasteiger partial charge in [0.2, 0.25) is 5.95 Å². The van der Waals surface area contributed by atoms with Crippen molar-refractivity contribution in [3.63, 3.8) is 0 Å². The summed E-state index contributed by atoms with van der Waals surface area (Å²) in [4.78, 5) is 18.6. The topological polar surface area (TPSA) is 72.9 Å². The van der Waals surface area contributed by atoms with Gasteiger partial charge in [-0.25, -0.2) is 10.8 Å². The molecule has 0 saturated heterocycles. The summed E-state index contributed by atoms with van der Waals surface area (Å²) < 4.78 is 1.67. The second-order valence-corrected chi connectivity index (χ2v) is 7.50. The number of nitrogens with two attached hydrogens (primary N) is 1. The van der Waals surface area contributed by atoms with Crippen molar-refractivity contribution in [1.29, 1.82) is 0 Å². The van der Waals surface area contributed by atoms with Crippen LogP contribution in [-0.4, -0.2) is 9.55 Å². The molecule has 0 amide bonds. The highest BCUT2D eigenvalue weighted by Crippen LogP contribution is 2.44. The van der Waals surface area contributed by atoms with Crippen LogP contribution in [0.5, 0.6) is 0 Å². The molecule has 0 aliphatic heterocycles. The first-order valence-electron chi connectivity index (χ1n) is 9.87. The fraction of sp³-hybridized carbons (Fsp3) is 0.304. The van der Waals surface area contributed by atoms with Crippen LogP contribution >= 0.6 is 0 Å². The first-order valence-corrected chi connectivity index (χ1v) is 9.87. The van der Waals surface area contributed by atoms with Crippen molar-refractivity contribution in [2.24, 2.45) is 5.84 Å². The molecule has 1 aromatic heterocycles. The molecule has 2 aromatic carbocycles. The van der Waals surface area contributed by atoms with E-state index < -0.39 is 0 Å². The van der Waals surface area contributed by atoms with Crippen molar-refractivity contribution < 1.29 is 0 Å². The molecule has 0 atom stereocenters. The van der Waals surface area contributed by atoms with Gasteiger partial charge in [0, 0.05) is 11.0 Å². The zero-order valence-corrected chi connectivity index (χ0v) is 16.4. The van der Waals surface area contributed by atoms with Crippen LogP contribution in [0.2, 0.25) is 0 Å². The third-order valence-corrected chi connectivity index (χ3v) is 6.17. The zero-order chi connectivity index (χ0) is 19.7. The summed E-state index contributed by atoms with van der Waals surface area (Å²) in [6.07, 6.45) is 2.64. The summed E-state index contributed by atoms with van der Waals surface area (Å²) in [5.74, 6) is 6.18. The minimum atomic E-state index is -0.209. The number of hydrazine groups is 1. The van der Waals surface area contributed by atoms with Gasteiger partial charge in [-0.15, -0.1) is 0 Å². The van der Waals surface area contributed by atoms with Gasteiger partial charge in [-0.3, -0.25) is 14.8 Å². The molecule has 1 heterocycles. The fourth-order valence-corrected chi connectivity index (χ4v) is 4.46. The number of nitrogens with zero attached hydrogens (tertiary/aromatic N) is 2. The van der Waals surface area contributed by atoms with Crippen LogP contribution in [-0.2, 0) is 18.4 Å². The van der Waals surface area contributed by atoms with Gasteiger partial charge in [0.1, 0.15) is 0 Å². The third kappa shape index (κ3) is 2.83. The Kier molecular flexibility index (Phi) is 4.77. The van der Waals surface area contributed by atoms with Gasteiger partial charge in [-0.05, 0) is 30.4 Å². The molecule has 0 fully saturated rings. The Morgan fingerprint density at radius 2 is 1.75 bits per heavy atom. The molecule has 144 valence electrons. The number of nitrogens with one attached hydrogen (secondary N) is 1. The first kappa shape index (κ1) is 18.4. The SMILES string of the molecule is CCC1(CC)Cc2ccccc2-c2nc(NN)n(Cc3ccccc3)c(=O)c21. The molecule has 1 aliphatic carbocycles. The maximum absolute atomic E-state index is 13.8. The monoisotopic (exact) mass is 374 g/mol. The Morgan fingerprint density at radius 3 is 2.43 bits per heavy atom. The Morgan fingerprint density at radius 1 is 1.07 bits per heavy atom. The number of anilines is 1. The second-order valence-electron chi connectivity index (χ2n) is 7.50. The molecule has 0 spiro atoms. The predicted octanol–water partition coefficient (Wildman–Crippen LogP) is 3.86. The molecule has 5 heteroatoms. The second kappa shape index (κ2) is 7.24. The van der Waals surface area contributed by atoms with Gasteiger partial charge < -0.3 is 0 Å². The van der Waals surface area contributed by atoms with Crippen molar-refractivity contribution in [1.82, 2.24) is 9.55 Å². The first-order chi connectivity index (χ1) is 13.6. The van der Waals surface area contributed by atoms with Crippen LogP contribution in [0.25, 0.3) is 11.3 Å². The van der Waals surface area contributed by atoms with Crippen molar-refractivity contribution in [2.45, 2.75) is 45.1 Å². The molecule has 3 aromatic rings. The lowest BCUT2D eigenvalue weighted by Crippen LogP contribution is -2.42. The minimum Gasteiger partial charge on any atom is -0.294 e. The van der Waals surface area contributed by atoms with E-state index in [1.165, 1.54) is 5.56 Å². The van der Waals surface area contributed by atoms with Gasteiger partial charge in [-0.1, -0.05) is 68.4 Å². The van der Waals surface area contributed by atoms with Crippen LogP contribution in [0.15, 0.2) is 59.4 Å². The van der Waals surface area contributed by atoms with Gasteiger partial charge in [-0.2, -0.15) is 0 Å². The van der Waals surface area contributed by atoms with E-state index in [2.05, 4.69) is 37.5 Å². The van der Waals surface area contributed by atoms with Gasteiger partial charge in [0.25, 0.3) is 5.56 Å². The van der Waals surface area contributed by atoms with Crippen molar-refractivity contribution in [2.75, 3.05) is 5.43 Å². The molecule has 0 unspecified atom stereocenters. The van der Waals surface area contributed by atoms with E-state index in [0.717, 1.165) is 41.6 Å². The summed E-state index contributed by atoms with van der Waals surface area (Å²) in [5, 5.41) is 0. The van der Waals surface area contributed by atoms with E-state index in [4.69, 9.17) is 10.8 Å². The molecule has 3 N–H and O–H groups in total. The molecule has 28 heavy (non-hydrogen) atoms. The summed E-state index contributed by atoms with van der Waals surface area (Å²) in [6, 6.07) is 18.2. The lowest BCUT2D eigenvalue weighted by atomic mass is 9.66. The van der Waals surface area contributed by atoms with Crippen LogP contribution in [0.3, 0.4) is 0 Å². The normalized spacial score (nSPS) is 14.2. The summed E-state index contributed by atoms with van der Waals surface area (Å²) >= 11 is 0. The number of benzene rings is 2. The maximum Gasteiger partial charge on any atom is 0.259 e. The summed E-state index contributed by atoms with van der Waals surface area (Å²) in [7, 11) is 0. The molecular formula is C23H26N4O. The van der Waals surface area contributed by atoms with E-state index in [0.29, 0.717) is 12.5 Å². The quantitative estimate of drug-likeness (QED) is 0.525. The number of hydrogen-bond donors (Lipinski definition) is 2. The van der Waals surface area contributed by atoms with Gasteiger partial charge in [0.15, 0.2) is 0 Å². The smallest absolute Gasteiger partial charge is 0.259 e. The van der Waals surface area contributed by atoms with Crippen LogP contribution in [0.4, 0.5) is 5.95 Å². The standard InChI is InChI=1S/C23H26N4O/c1-3-23(4-2)14-17-12-8-9-13-18(17)20-19(23)21(28)27(22(25-20)26-24)15-16-10-6-5-7-11-16/h5-13H,3-4,14-15,24H2,1-2H3,(H,25,26). The van der Waals surface area contributed by atoms with E-state index in [9.17, 15) is 4.79 Å². The molecule has 0 radical (unpaired) electrons. The highest BCUT2D eigenvalue weighted by molar-refractivity contribution is 5.72. The van der Waals surface area contributed by atoms with Gasteiger partial charge in [0.05, 0.1) is 17.8 Å². The third-order valence-electron chi connectivity index (χ3n) is 6.17. The molecule has 0 saturated carbocycles. The van der Waals surface area contributed by atoms with E-state index >= 15 is 0 Å². The molecular weight excluding hydrogens is 348 g/mol. The zero-order valence-electron chi connectivity index (χ0n) is 16.4. The lowest BCUT2D eigenvalue weighted by Gasteiger charge is -2.38. The Bertz CT molecular complexity index is 1050. The number of fused-ring (bicyclic) bond motifs is 3. The van der Waals surface area contributed by atoms with Crippen LogP contribution in [0.1, 0.15) is 43.4 Å². The highest BCUT2D eigenvalue weighted by atomic mass is 16.1.